The molecule has 0 aliphatic rings. The molecule has 2 aromatic rings. The van der Waals surface area contributed by atoms with Gasteiger partial charge in [-0.2, -0.15) is 27.0 Å². The number of hydrogen-bond donors (Lipinski definition) is 3. The minimum atomic E-state index is -0.410. The normalized spacial score (nSPS) is 11.6. The molecule has 2 atom stereocenters. The third-order valence-corrected chi connectivity index (χ3v) is 5.12. The van der Waals surface area contributed by atoms with Crippen molar-refractivity contribution in [1.29, 1.82) is 0 Å². The number of rotatable bonds is 9. The third-order valence-electron chi connectivity index (χ3n) is 4.14. The van der Waals surface area contributed by atoms with Crippen LogP contribution < -0.4 is 16.4 Å². The van der Waals surface area contributed by atoms with Crippen molar-refractivity contribution in [3.8, 4) is 0 Å². The lowest BCUT2D eigenvalue weighted by molar-refractivity contribution is -0.384. The first-order chi connectivity index (χ1) is 14.2. The van der Waals surface area contributed by atoms with E-state index < -0.39 is 4.92 Å². The number of nitrogens with two attached hydrogens (primary N) is 1. The summed E-state index contributed by atoms with van der Waals surface area (Å²) in [7, 11) is 3.29. The zero-order valence-electron chi connectivity index (χ0n) is 18.4. The maximum atomic E-state index is 10.8. The van der Waals surface area contributed by atoms with Crippen molar-refractivity contribution in [2.24, 2.45) is 0 Å². The zero-order chi connectivity index (χ0) is 22.7. The SMILES string of the molecule is CO[C@@H](C)CNc1cc(Br)ccc1N.CO[C@@H](C)CNc1cc(Br)ccc1[N+](=O)[O-].S.S. The van der Waals surface area contributed by atoms with E-state index >= 15 is 0 Å². The monoisotopic (exact) mass is 614 g/mol. The summed E-state index contributed by atoms with van der Waals surface area (Å²) in [6, 6.07) is 10.5. The first kappa shape index (κ1) is 33.0. The number of hydrogen-bond acceptors (Lipinski definition) is 7. The van der Waals surface area contributed by atoms with Gasteiger partial charge in [0.25, 0.3) is 5.69 Å². The highest BCUT2D eigenvalue weighted by Gasteiger charge is 2.14. The predicted molar refractivity (Wildman–Crippen MR) is 150 cm³/mol. The predicted octanol–water partition coefficient (Wildman–Crippen LogP) is 5.51. The fourth-order valence-corrected chi connectivity index (χ4v) is 2.89. The summed E-state index contributed by atoms with van der Waals surface area (Å²) in [6.07, 6.45) is 0.173. The molecule has 0 aliphatic heterocycles. The molecule has 2 rings (SSSR count). The van der Waals surface area contributed by atoms with Crippen molar-refractivity contribution in [1.82, 2.24) is 0 Å². The molecule has 0 heterocycles. The fourth-order valence-electron chi connectivity index (χ4n) is 2.16. The Hall–Kier alpha value is -1.18. The van der Waals surface area contributed by atoms with Crippen LogP contribution in [0.5, 0.6) is 0 Å². The van der Waals surface area contributed by atoms with Gasteiger partial charge in [-0.25, -0.2) is 0 Å². The number of nitrogens with zero attached hydrogens (tertiary/aromatic N) is 1. The van der Waals surface area contributed by atoms with Gasteiger partial charge < -0.3 is 25.8 Å². The summed E-state index contributed by atoms with van der Waals surface area (Å²) in [5.74, 6) is 0. The topological polar surface area (TPSA) is 112 Å². The molecule has 0 bridgehead atoms. The summed E-state index contributed by atoms with van der Waals surface area (Å²) < 4.78 is 12.0. The molecule has 8 nitrogen and oxygen atoms in total. The number of benzene rings is 2. The average Bonchev–Trinajstić information content (AvgIpc) is 2.72. The molecule has 0 amide bonds. The van der Waals surface area contributed by atoms with Crippen LogP contribution in [-0.2, 0) is 9.47 Å². The number of nitro benzene ring substituents is 1. The van der Waals surface area contributed by atoms with Gasteiger partial charge in [0.1, 0.15) is 5.69 Å². The lowest BCUT2D eigenvalue weighted by atomic mass is 10.2. The Morgan fingerprint density at radius 2 is 1.38 bits per heavy atom. The van der Waals surface area contributed by atoms with E-state index in [0.29, 0.717) is 12.2 Å². The Morgan fingerprint density at radius 3 is 1.84 bits per heavy atom. The standard InChI is InChI=1S/C10H13BrN2O3.C10H15BrN2O.2H2S/c1-7(16-2)6-12-9-5-8(11)3-4-10(9)13(14)15;1-7(14-2)6-13-10-5-8(11)3-4-9(10)12;;/h3-5,7,12H,6H2,1-2H3;3-5,7,13H,6,12H2,1-2H3;2*1H2/t2*7-;;/m00../s1. The van der Waals surface area contributed by atoms with E-state index in [-0.39, 0.29) is 44.9 Å². The van der Waals surface area contributed by atoms with Gasteiger partial charge in [-0.05, 0) is 44.2 Å². The summed E-state index contributed by atoms with van der Waals surface area (Å²) in [6.45, 7) is 5.16. The van der Waals surface area contributed by atoms with Gasteiger partial charge in [-0.3, -0.25) is 10.1 Å². The Kier molecular flexibility index (Phi) is 17.9. The van der Waals surface area contributed by atoms with Crippen molar-refractivity contribution >= 4 is 81.6 Å². The van der Waals surface area contributed by atoms with Gasteiger partial charge in [0.2, 0.25) is 0 Å². The number of halogens is 2. The molecule has 4 N–H and O–H groups in total. The van der Waals surface area contributed by atoms with Crippen LogP contribution in [0.2, 0.25) is 0 Å². The lowest BCUT2D eigenvalue weighted by Crippen LogP contribution is -2.18. The number of nitrogen functional groups attached to an aromatic ring is 1. The quantitative estimate of drug-likeness (QED) is 0.194. The van der Waals surface area contributed by atoms with Crippen LogP contribution in [0.25, 0.3) is 0 Å². The van der Waals surface area contributed by atoms with Gasteiger partial charge in [0.05, 0.1) is 28.5 Å². The highest BCUT2D eigenvalue weighted by atomic mass is 79.9. The second-order valence-electron chi connectivity index (χ2n) is 6.50. The van der Waals surface area contributed by atoms with E-state index in [4.69, 9.17) is 15.2 Å². The van der Waals surface area contributed by atoms with E-state index in [0.717, 1.165) is 26.9 Å². The molecule has 0 radical (unpaired) electrons. The first-order valence-corrected chi connectivity index (χ1v) is 10.8. The first-order valence-electron chi connectivity index (χ1n) is 9.20. The molecule has 182 valence electrons. The highest BCUT2D eigenvalue weighted by molar-refractivity contribution is 9.10. The van der Waals surface area contributed by atoms with E-state index in [1.807, 2.05) is 32.0 Å². The second-order valence-corrected chi connectivity index (χ2v) is 8.34. The maximum Gasteiger partial charge on any atom is 0.292 e. The van der Waals surface area contributed by atoms with Crippen LogP contribution in [-0.4, -0.2) is 44.4 Å². The molecule has 0 aliphatic carbocycles. The van der Waals surface area contributed by atoms with Crippen LogP contribution in [0, 0.1) is 10.1 Å². The molecule has 0 aromatic heterocycles. The largest absolute Gasteiger partial charge is 0.397 e. The molecular formula is C20H32Br2N4O4S2. The van der Waals surface area contributed by atoms with Gasteiger partial charge in [-0.15, -0.1) is 0 Å². The molecule has 12 heteroatoms. The number of nitro groups is 1. The van der Waals surface area contributed by atoms with Crippen LogP contribution in [0.4, 0.5) is 22.7 Å². The van der Waals surface area contributed by atoms with Crippen molar-refractivity contribution in [3.05, 3.63) is 55.5 Å². The fraction of sp³-hybridized carbons (Fsp3) is 0.400. The Morgan fingerprint density at radius 1 is 0.938 bits per heavy atom. The maximum absolute atomic E-state index is 10.8. The minimum absolute atomic E-state index is 0. The van der Waals surface area contributed by atoms with Crippen LogP contribution in [0.15, 0.2) is 45.3 Å². The molecular weight excluding hydrogens is 584 g/mol. The number of methoxy groups -OCH3 is 2. The van der Waals surface area contributed by atoms with Crippen molar-refractivity contribution < 1.29 is 14.4 Å². The second kappa shape index (κ2) is 17.3. The van der Waals surface area contributed by atoms with E-state index in [1.54, 1.807) is 26.4 Å². The van der Waals surface area contributed by atoms with Crippen LogP contribution >= 0.6 is 58.9 Å². The summed E-state index contributed by atoms with van der Waals surface area (Å²) in [4.78, 5) is 10.4. The Labute approximate surface area is 220 Å². The molecule has 0 saturated carbocycles. The zero-order valence-corrected chi connectivity index (χ0v) is 23.6. The van der Waals surface area contributed by atoms with Gasteiger partial charge in [0.15, 0.2) is 0 Å². The Bertz CT molecular complexity index is 834. The van der Waals surface area contributed by atoms with Crippen molar-refractivity contribution in [2.75, 3.05) is 43.7 Å². The van der Waals surface area contributed by atoms with E-state index in [1.165, 1.54) is 6.07 Å². The minimum Gasteiger partial charge on any atom is -0.397 e. The average molecular weight is 616 g/mol. The molecule has 0 spiro atoms. The number of ether oxygens (including phenoxy) is 2. The smallest absolute Gasteiger partial charge is 0.292 e. The van der Waals surface area contributed by atoms with Crippen LogP contribution in [0.3, 0.4) is 0 Å². The van der Waals surface area contributed by atoms with Gasteiger partial charge in [-0.1, -0.05) is 31.9 Å². The molecule has 2 aromatic carbocycles. The number of nitrogens with one attached hydrogen (secondary N) is 2. The van der Waals surface area contributed by atoms with Crippen LogP contribution in [0.1, 0.15) is 13.8 Å². The molecule has 0 fully saturated rings. The molecule has 0 unspecified atom stereocenters. The van der Waals surface area contributed by atoms with Crippen molar-refractivity contribution in [3.63, 3.8) is 0 Å². The molecule has 32 heavy (non-hydrogen) atoms. The summed E-state index contributed by atoms with van der Waals surface area (Å²) in [5.41, 5.74) is 8.02. The van der Waals surface area contributed by atoms with E-state index in [9.17, 15) is 10.1 Å². The van der Waals surface area contributed by atoms with Gasteiger partial charge in [0, 0.05) is 42.3 Å². The van der Waals surface area contributed by atoms with E-state index in [2.05, 4.69) is 42.5 Å². The molecule has 0 saturated heterocycles. The van der Waals surface area contributed by atoms with Gasteiger partial charge >= 0.3 is 0 Å². The summed E-state index contributed by atoms with van der Waals surface area (Å²) in [5, 5.41) is 17.0. The van der Waals surface area contributed by atoms with Crippen molar-refractivity contribution in [2.45, 2.75) is 26.1 Å². The number of anilines is 3. The lowest BCUT2D eigenvalue weighted by Gasteiger charge is -2.13. The summed E-state index contributed by atoms with van der Waals surface area (Å²) >= 11 is 6.67. The highest BCUT2D eigenvalue weighted by Crippen LogP contribution is 2.27. The third kappa shape index (κ3) is 12.2. The Balaban J connectivity index is 0.